The van der Waals surface area contributed by atoms with Gasteiger partial charge in [0.15, 0.2) is 5.96 Å². The van der Waals surface area contributed by atoms with E-state index in [0.717, 1.165) is 69.1 Å². The predicted molar refractivity (Wildman–Crippen MR) is 126 cm³/mol. The van der Waals surface area contributed by atoms with Crippen LogP contribution in [0.4, 0.5) is 0 Å². The molecule has 1 unspecified atom stereocenters. The van der Waals surface area contributed by atoms with Crippen molar-refractivity contribution in [1.29, 1.82) is 0 Å². The van der Waals surface area contributed by atoms with Crippen LogP contribution in [0.15, 0.2) is 29.3 Å². The van der Waals surface area contributed by atoms with Crippen LogP contribution in [0.5, 0.6) is 0 Å². The number of carbonyl (C=O) groups is 1. The van der Waals surface area contributed by atoms with E-state index in [9.17, 15) is 4.79 Å². The lowest BCUT2D eigenvalue weighted by Crippen LogP contribution is -2.42. The zero-order chi connectivity index (χ0) is 21.8. The summed E-state index contributed by atoms with van der Waals surface area (Å²) in [5, 5.41) is 6.86. The number of amides is 1. The summed E-state index contributed by atoms with van der Waals surface area (Å²) in [4.78, 5) is 21.4. The van der Waals surface area contributed by atoms with Crippen LogP contribution in [0.25, 0.3) is 0 Å². The number of piperidine rings is 1. The number of aliphatic imine (C=N–C) groups is 1. The normalized spacial score (nSPS) is 15.9. The Labute approximate surface area is 183 Å². The Morgan fingerprint density at radius 2 is 1.80 bits per heavy atom. The Hall–Kier alpha value is -2.08. The third-order valence-electron chi connectivity index (χ3n) is 5.92. The third kappa shape index (κ3) is 7.98. The molecule has 0 saturated carbocycles. The summed E-state index contributed by atoms with van der Waals surface area (Å²) < 4.78 is 0. The molecule has 0 spiro atoms. The highest BCUT2D eigenvalue weighted by Gasteiger charge is 2.17. The van der Waals surface area contributed by atoms with E-state index in [1.54, 1.807) is 7.05 Å². The summed E-state index contributed by atoms with van der Waals surface area (Å²) in [5.41, 5.74) is 1.92. The molecule has 6 nitrogen and oxygen atoms in total. The van der Waals surface area contributed by atoms with E-state index in [1.165, 1.54) is 12.8 Å². The first kappa shape index (κ1) is 24.2. The van der Waals surface area contributed by atoms with Gasteiger partial charge in [-0.2, -0.15) is 0 Å². The number of carbonyl (C=O) groups excluding carboxylic acids is 1. The molecule has 1 heterocycles. The van der Waals surface area contributed by atoms with Gasteiger partial charge in [-0.3, -0.25) is 9.79 Å². The monoisotopic (exact) mass is 415 g/mol. The fraction of sp³-hybridized carbons (Fsp3) is 0.667. The largest absolute Gasteiger partial charge is 0.354 e. The molecule has 0 aromatic heterocycles. The Morgan fingerprint density at radius 3 is 2.40 bits per heavy atom. The summed E-state index contributed by atoms with van der Waals surface area (Å²) >= 11 is 0. The maximum atomic E-state index is 12.6. The summed E-state index contributed by atoms with van der Waals surface area (Å²) in [5.74, 6) is 0.976. The summed E-state index contributed by atoms with van der Waals surface area (Å²) in [6, 6.07) is 8.33. The van der Waals surface area contributed by atoms with Gasteiger partial charge in [-0.15, -0.1) is 0 Å². The molecule has 168 valence electrons. The van der Waals surface area contributed by atoms with Gasteiger partial charge in [-0.25, -0.2) is 0 Å². The minimum Gasteiger partial charge on any atom is -0.354 e. The quantitative estimate of drug-likeness (QED) is 0.454. The van der Waals surface area contributed by atoms with Gasteiger partial charge in [-0.05, 0) is 76.4 Å². The number of nitrogens with one attached hydrogen (secondary N) is 2. The Balaban J connectivity index is 1.75. The van der Waals surface area contributed by atoms with Gasteiger partial charge < -0.3 is 20.4 Å². The van der Waals surface area contributed by atoms with Crippen LogP contribution in [0.1, 0.15) is 68.8 Å². The van der Waals surface area contributed by atoms with Crippen LogP contribution >= 0.6 is 0 Å². The fourth-order valence-corrected chi connectivity index (χ4v) is 3.89. The smallest absolute Gasteiger partial charge is 0.253 e. The lowest BCUT2D eigenvalue weighted by molar-refractivity contribution is 0.0724. The van der Waals surface area contributed by atoms with Crippen LogP contribution in [-0.4, -0.2) is 67.5 Å². The van der Waals surface area contributed by atoms with Crippen LogP contribution in [0, 0.1) is 0 Å². The van der Waals surface area contributed by atoms with Crippen molar-refractivity contribution in [2.75, 3.05) is 39.8 Å². The van der Waals surface area contributed by atoms with Crippen molar-refractivity contribution >= 4 is 11.9 Å². The van der Waals surface area contributed by atoms with Crippen molar-refractivity contribution in [1.82, 2.24) is 20.4 Å². The molecule has 1 aliphatic rings. The first-order valence-corrected chi connectivity index (χ1v) is 11.6. The van der Waals surface area contributed by atoms with Gasteiger partial charge in [0.2, 0.25) is 0 Å². The molecule has 1 atom stereocenters. The van der Waals surface area contributed by atoms with Gasteiger partial charge >= 0.3 is 0 Å². The van der Waals surface area contributed by atoms with E-state index >= 15 is 0 Å². The zero-order valence-corrected chi connectivity index (χ0v) is 19.4. The fourth-order valence-electron chi connectivity index (χ4n) is 3.89. The second-order valence-corrected chi connectivity index (χ2v) is 8.19. The first-order valence-electron chi connectivity index (χ1n) is 11.6. The number of nitrogens with zero attached hydrogens (tertiary/aromatic N) is 3. The zero-order valence-electron chi connectivity index (χ0n) is 19.4. The van der Waals surface area contributed by atoms with E-state index in [2.05, 4.69) is 41.3 Å². The number of rotatable bonds is 10. The van der Waals surface area contributed by atoms with Crippen molar-refractivity contribution in [2.24, 2.45) is 4.99 Å². The van der Waals surface area contributed by atoms with Crippen molar-refractivity contribution in [3.8, 4) is 0 Å². The minimum absolute atomic E-state index is 0.158. The number of likely N-dealkylation sites (tertiary alicyclic amines) is 1. The van der Waals surface area contributed by atoms with Crippen LogP contribution < -0.4 is 10.6 Å². The van der Waals surface area contributed by atoms with E-state index in [-0.39, 0.29) is 5.91 Å². The molecule has 1 saturated heterocycles. The highest BCUT2D eigenvalue weighted by Crippen LogP contribution is 2.14. The van der Waals surface area contributed by atoms with Crippen LogP contribution in [-0.2, 0) is 6.54 Å². The van der Waals surface area contributed by atoms with Gasteiger partial charge in [0.25, 0.3) is 5.91 Å². The lowest BCUT2D eigenvalue weighted by atomic mass is 10.1. The van der Waals surface area contributed by atoms with Crippen molar-refractivity contribution in [3.63, 3.8) is 0 Å². The molecule has 6 heteroatoms. The van der Waals surface area contributed by atoms with E-state index < -0.39 is 0 Å². The Morgan fingerprint density at radius 1 is 1.13 bits per heavy atom. The molecule has 1 fully saturated rings. The molecule has 2 rings (SSSR count). The molecule has 0 radical (unpaired) electrons. The molecule has 2 N–H and O–H groups in total. The van der Waals surface area contributed by atoms with Gasteiger partial charge in [0.05, 0.1) is 0 Å². The molecular weight excluding hydrogens is 374 g/mol. The molecule has 0 aliphatic carbocycles. The van der Waals surface area contributed by atoms with Crippen molar-refractivity contribution < 1.29 is 4.79 Å². The highest BCUT2D eigenvalue weighted by atomic mass is 16.2. The second-order valence-electron chi connectivity index (χ2n) is 8.19. The van der Waals surface area contributed by atoms with Gasteiger partial charge in [0.1, 0.15) is 0 Å². The summed E-state index contributed by atoms with van der Waals surface area (Å²) in [6.45, 7) is 12.5. The molecule has 0 bridgehead atoms. The highest BCUT2D eigenvalue weighted by molar-refractivity contribution is 5.94. The molecule has 1 aliphatic heterocycles. The topological polar surface area (TPSA) is 60.0 Å². The van der Waals surface area contributed by atoms with E-state index in [4.69, 9.17) is 0 Å². The SMILES string of the molecule is CCN(CC)CCCC(C)NC(=NC)NCc1ccc(C(=O)N2CCCCC2)cc1. The first-order chi connectivity index (χ1) is 14.6. The maximum absolute atomic E-state index is 12.6. The van der Waals surface area contributed by atoms with E-state index in [0.29, 0.717) is 12.6 Å². The summed E-state index contributed by atoms with van der Waals surface area (Å²) in [6.07, 6.45) is 5.77. The Bertz CT molecular complexity index is 648. The molecule has 1 aromatic carbocycles. The molecular formula is C24H41N5O. The predicted octanol–water partition coefficient (Wildman–Crippen LogP) is 3.49. The molecule has 30 heavy (non-hydrogen) atoms. The van der Waals surface area contributed by atoms with Crippen LogP contribution in [0.2, 0.25) is 0 Å². The second kappa shape index (κ2) is 13.3. The summed E-state index contributed by atoms with van der Waals surface area (Å²) in [7, 11) is 1.80. The Kier molecular flexibility index (Phi) is 10.7. The standard InChI is InChI=1S/C24H41N5O/c1-5-28(6-2)16-10-11-20(3)27-24(25-4)26-19-21-12-14-22(15-13-21)23(30)29-17-8-7-9-18-29/h12-15,20H,5-11,16-19H2,1-4H3,(H2,25,26,27). The van der Waals surface area contributed by atoms with E-state index in [1.807, 2.05) is 29.2 Å². The molecule has 1 amide bonds. The number of guanidine groups is 1. The number of hydrogen-bond donors (Lipinski definition) is 2. The minimum atomic E-state index is 0.158. The number of hydrogen-bond acceptors (Lipinski definition) is 3. The third-order valence-corrected chi connectivity index (χ3v) is 5.92. The molecule has 1 aromatic rings. The maximum Gasteiger partial charge on any atom is 0.253 e. The average Bonchev–Trinajstić information content (AvgIpc) is 2.80. The number of benzene rings is 1. The van der Waals surface area contributed by atoms with Gasteiger partial charge in [0, 0.05) is 38.3 Å². The average molecular weight is 416 g/mol. The van der Waals surface area contributed by atoms with Crippen molar-refractivity contribution in [2.45, 2.75) is 65.5 Å². The van der Waals surface area contributed by atoms with Crippen molar-refractivity contribution in [3.05, 3.63) is 35.4 Å². The van der Waals surface area contributed by atoms with Crippen LogP contribution in [0.3, 0.4) is 0 Å². The van der Waals surface area contributed by atoms with Gasteiger partial charge in [-0.1, -0.05) is 26.0 Å². The lowest BCUT2D eigenvalue weighted by Gasteiger charge is -2.26.